The van der Waals surface area contributed by atoms with Gasteiger partial charge < -0.3 is 18.9 Å². The monoisotopic (exact) mass is 406 g/mol. The first-order chi connectivity index (χ1) is 13.4. The molecule has 0 bridgehead atoms. The van der Waals surface area contributed by atoms with E-state index >= 15 is 0 Å². The van der Waals surface area contributed by atoms with Crippen LogP contribution < -0.4 is 0 Å². The third-order valence-corrected chi connectivity index (χ3v) is 5.40. The van der Waals surface area contributed by atoms with Gasteiger partial charge in [-0.1, -0.05) is 24.3 Å². The molecule has 3 rings (SSSR count). The number of thiophene rings is 1. The van der Waals surface area contributed by atoms with Gasteiger partial charge in [0.2, 0.25) is 0 Å². The zero-order valence-electron chi connectivity index (χ0n) is 15.4. The molecule has 0 aliphatic heterocycles. The summed E-state index contributed by atoms with van der Waals surface area (Å²) >= 11 is 5.91. The molecule has 0 saturated heterocycles. The molecule has 4 nitrogen and oxygen atoms in total. The zero-order valence-corrected chi connectivity index (χ0v) is 17.1. The molecule has 3 aromatic rings. The third kappa shape index (κ3) is 6.45. The highest BCUT2D eigenvalue weighted by Crippen LogP contribution is 2.34. The molecule has 0 atom stereocenters. The molecular formula is C21H26O4S2. The molecule has 0 N–H and O–H groups in total. The lowest BCUT2D eigenvalue weighted by atomic mass is 10.1. The van der Waals surface area contributed by atoms with Crippen molar-refractivity contribution in [1.29, 1.82) is 0 Å². The van der Waals surface area contributed by atoms with Crippen LogP contribution in [0.15, 0.2) is 42.5 Å². The average Bonchev–Trinajstić information content (AvgIpc) is 3.07. The number of thiol groups is 1. The normalized spacial score (nSPS) is 11.6. The first kappa shape index (κ1) is 20.6. The molecule has 146 valence electrons. The van der Waals surface area contributed by atoms with Gasteiger partial charge in [0.15, 0.2) is 0 Å². The van der Waals surface area contributed by atoms with Gasteiger partial charge in [-0.3, -0.25) is 0 Å². The van der Waals surface area contributed by atoms with Gasteiger partial charge in [0, 0.05) is 25.9 Å². The molecule has 0 aliphatic rings. The fraction of sp³-hybridized carbons (Fsp3) is 0.429. The van der Waals surface area contributed by atoms with Crippen LogP contribution in [0.5, 0.6) is 0 Å². The predicted octanol–water partition coefficient (Wildman–Crippen LogP) is 4.55. The van der Waals surface area contributed by atoms with E-state index in [4.69, 9.17) is 18.9 Å². The molecule has 0 unspecified atom stereocenters. The molecule has 6 heteroatoms. The van der Waals surface area contributed by atoms with Crippen LogP contribution in [0.2, 0.25) is 0 Å². The Morgan fingerprint density at radius 2 is 1.30 bits per heavy atom. The van der Waals surface area contributed by atoms with Crippen LogP contribution in [0, 0.1) is 0 Å². The quantitative estimate of drug-likeness (QED) is 0.334. The highest BCUT2D eigenvalue weighted by molar-refractivity contribution is 7.80. The predicted molar refractivity (Wildman–Crippen MR) is 115 cm³/mol. The summed E-state index contributed by atoms with van der Waals surface area (Å²) in [5.41, 5.74) is 1.19. The van der Waals surface area contributed by atoms with Crippen molar-refractivity contribution in [3.63, 3.8) is 0 Å². The summed E-state index contributed by atoms with van der Waals surface area (Å²) in [6.45, 7) is 4.75. The molecule has 0 fully saturated rings. The lowest BCUT2D eigenvalue weighted by Gasteiger charge is -2.07. The van der Waals surface area contributed by atoms with E-state index in [9.17, 15) is 0 Å². The number of hydrogen-bond donors (Lipinski definition) is 1. The maximum absolute atomic E-state index is 5.74. The Balaban J connectivity index is 1.30. The number of rotatable bonds is 13. The minimum Gasteiger partial charge on any atom is -0.378 e. The van der Waals surface area contributed by atoms with E-state index in [1.54, 1.807) is 0 Å². The van der Waals surface area contributed by atoms with Crippen LogP contribution in [-0.4, -0.2) is 52.0 Å². The van der Waals surface area contributed by atoms with Crippen LogP contribution >= 0.6 is 24.0 Å². The summed E-state index contributed by atoms with van der Waals surface area (Å²) < 4.78 is 24.6. The van der Waals surface area contributed by atoms with Gasteiger partial charge in [-0.05, 0) is 23.8 Å². The lowest BCUT2D eigenvalue weighted by Crippen LogP contribution is -2.12. The molecule has 0 radical (unpaired) electrons. The first-order valence-electron chi connectivity index (χ1n) is 9.20. The molecule has 0 spiro atoms. The Bertz CT molecular complexity index is 818. The fourth-order valence-corrected chi connectivity index (χ4v) is 3.99. The largest absolute Gasteiger partial charge is 0.378 e. The van der Waals surface area contributed by atoms with Gasteiger partial charge in [0.05, 0.1) is 52.9 Å². The molecule has 27 heavy (non-hydrogen) atoms. The molecule has 0 amide bonds. The molecule has 0 aliphatic carbocycles. The summed E-state index contributed by atoms with van der Waals surface area (Å²) in [6, 6.07) is 15.1. The highest BCUT2D eigenvalue weighted by Gasteiger charge is 2.05. The molecule has 0 saturated carbocycles. The summed E-state index contributed by atoms with van der Waals surface area (Å²) in [5.74, 6) is 0.737. The molecule has 1 heterocycles. The maximum Gasteiger partial charge on any atom is 0.0718 e. The van der Waals surface area contributed by atoms with Gasteiger partial charge in [0.1, 0.15) is 0 Å². The Labute approximate surface area is 169 Å². The summed E-state index contributed by atoms with van der Waals surface area (Å²) in [4.78, 5) is 0. The van der Waals surface area contributed by atoms with E-state index < -0.39 is 0 Å². The van der Waals surface area contributed by atoms with E-state index in [1.807, 2.05) is 11.3 Å². The minimum absolute atomic E-state index is 0.572. The average molecular weight is 407 g/mol. The van der Waals surface area contributed by atoms with Crippen molar-refractivity contribution in [2.75, 3.05) is 52.0 Å². The van der Waals surface area contributed by atoms with Gasteiger partial charge in [-0.2, -0.15) is 12.6 Å². The minimum atomic E-state index is 0.572. The second-order valence-electron chi connectivity index (χ2n) is 6.04. The Morgan fingerprint density at radius 3 is 2.04 bits per heavy atom. The van der Waals surface area contributed by atoms with Crippen LogP contribution in [0.25, 0.3) is 20.2 Å². The van der Waals surface area contributed by atoms with Gasteiger partial charge in [-0.15, -0.1) is 11.3 Å². The van der Waals surface area contributed by atoms with E-state index in [2.05, 4.69) is 55.1 Å². The Hall–Kier alpha value is -1.15. The summed E-state index contributed by atoms with van der Waals surface area (Å²) in [5, 5.41) is 2.63. The number of hydrogen-bond acceptors (Lipinski definition) is 6. The lowest BCUT2D eigenvalue weighted by molar-refractivity contribution is -0.00263. The maximum atomic E-state index is 5.74. The second-order valence-corrected chi connectivity index (χ2v) is 7.57. The van der Waals surface area contributed by atoms with Crippen LogP contribution in [-0.2, 0) is 25.6 Å². The summed E-state index contributed by atoms with van der Waals surface area (Å²) in [7, 11) is 0. The number of benzene rings is 2. The Kier molecular flexibility index (Phi) is 8.87. The van der Waals surface area contributed by atoms with E-state index in [0.29, 0.717) is 52.9 Å². The van der Waals surface area contributed by atoms with Crippen molar-refractivity contribution in [3.8, 4) is 0 Å². The van der Waals surface area contributed by atoms with Crippen LogP contribution in [0.3, 0.4) is 0 Å². The Morgan fingerprint density at radius 1 is 0.667 bits per heavy atom. The first-order valence-corrected chi connectivity index (χ1v) is 10.7. The van der Waals surface area contributed by atoms with Crippen molar-refractivity contribution in [3.05, 3.63) is 48.0 Å². The molecule has 1 aromatic heterocycles. The third-order valence-electron chi connectivity index (χ3n) is 4.06. The standard InChI is InChI=1S/C21H26O4S2/c26-14-13-24-10-9-22-7-8-23-11-12-25-16-17-5-6-21-19(15-17)18-3-1-2-4-20(18)27-21/h1-6,15,26H,7-14,16H2. The number of ether oxygens (including phenoxy) is 4. The van der Waals surface area contributed by atoms with E-state index in [1.165, 1.54) is 25.7 Å². The van der Waals surface area contributed by atoms with Gasteiger partial charge >= 0.3 is 0 Å². The van der Waals surface area contributed by atoms with Crippen LogP contribution in [0.1, 0.15) is 5.56 Å². The van der Waals surface area contributed by atoms with Gasteiger partial charge in [-0.25, -0.2) is 0 Å². The van der Waals surface area contributed by atoms with Crippen molar-refractivity contribution in [1.82, 2.24) is 0 Å². The topological polar surface area (TPSA) is 36.9 Å². The zero-order chi connectivity index (χ0) is 18.7. The highest BCUT2D eigenvalue weighted by atomic mass is 32.1. The van der Waals surface area contributed by atoms with Gasteiger partial charge in [0.25, 0.3) is 0 Å². The van der Waals surface area contributed by atoms with E-state index in [-0.39, 0.29) is 0 Å². The molecular weight excluding hydrogens is 380 g/mol. The van der Waals surface area contributed by atoms with Crippen molar-refractivity contribution in [2.24, 2.45) is 0 Å². The van der Waals surface area contributed by atoms with Crippen molar-refractivity contribution in [2.45, 2.75) is 6.61 Å². The SMILES string of the molecule is SCCOCCOCCOCCOCc1ccc2sc3ccccc3c2c1. The van der Waals surface area contributed by atoms with E-state index in [0.717, 1.165) is 5.75 Å². The number of fused-ring (bicyclic) bond motifs is 3. The smallest absolute Gasteiger partial charge is 0.0718 e. The van der Waals surface area contributed by atoms with Crippen LogP contribution in [0.4, 0.5) is 0 Å². The van der Waals surface area contributed by atoms with Crippen molar-refractivity contribution < 1.29 is 18.9 Å². The fourth-order valence-electron chi connectivity index (χ4n) is 2.78. The molecule has 2 aromatic carbocycles. The summed E-state index contributed by atoms with van der Waals surface area (Å²) in [6.07, 6.45) is 0. The van der Waals surface area contributed by atoms with Crippen molar-refractivity contribution >= 4 is 44.1 Å². The second kappa shape index (κ2) is 11.6.